The number of hydrogen-bond acceptors (Lipinski definition) is 6. The van der Waals surface area contributed by atoms with Gasteiger partial charge in [-0.05, 0) is 0 Å². The number of hydrogen-bond donors (Lipinski definition) is 0. The van der Waals surface area contributed by atoms with Gasteiger partial charge in [0.2, 0.25) is 0 Å². The van der Waals surface area contributed by atoms with Gasteiger partial charge in [0, 0.05) is 0 Å². The average Bonchev–Trinajstić information content (AvgIpc) is 2.83. The third-order valence-electron chi connectivity index (χ3n) is 5.90. The van der Waals surface area contributed by atoms with Crippen molar-refractivity contribution in [2.45, 2.75) is 83.1 Å². The zero-order valence-corrected chi connectivity index (χ0v) is 29.2. The van der Waals surface area contributed by atoms with Crippen molar-refractivity contribution in [3.8, 4) is 0 Å². The zero-order chi connectivity index (χ0) is 25.1. The van der Waals surface area contributed by atoms with Gasteiger partial charge in [0.05, 0.1) is 0 Å². The van der Waals surface area contributed by atoms with E-state index in [4.69, 9.17) is 0 Å². The normalized spacial score (nSPS) is 12.4. The molecule has 8 heteroatoms. The van der Waals surface area contributed by atoms with Crippen LogP contribution in [0.5, 0.6) is 0 Å². The predicted octanol–water partition coefficient (Wildman–Crippen LogP) is 3.99. The van der Waals surface area contributed by atoms with Gasteiger partial charge >= 0.3 is 222 Å². The fraction of sp³-hybridized carbons (Fsp3) is 1.00. The molecule has 0 aliphatic rings. The van der Waals surface area contributed by atoms with Crippen molar-refractivity contribution in [2.24, 2.45) is 0 Å². The topological polar surface area (TPSA) is 19.4 Å². The predicted molar refractivity (Wildman–Crippen MR) is 149 cm³/mol. The molecule has 0 saturated heterocycles. The summed E-state index contributed by atoms with van der Waals surface area (Å²) in [6.07, 6.45) is 0. The second-order valence-electron chi connectivity index (χ2n) is 7.37. The molecule has 0 radical (unpaired) electrons. The van der Waals surface area contributed by atoms with Crippen LogP contribution in [0.15, 0.2) is 0 Å². The summed E-state index contributed by atoms with van der Waals surface area (Å²) in [5, 5.41) is 0. The zero-order valence-electron chi connectivity index (χ0n) is 24.1. The third-order valence-corrected chi connectivity index (χ3v) is 24.2. The van der Waals surface area contributed by atoms with E-state index in [0.29, 0.717) is 0 Å². The van der Waals surface area contributed by atoms with Crippen LogP contribution in [-0.2, 0) is 0 Å². The van der Waals surface area contributed by atoms with Crippen molar-refractivity contribution in [1.29, 1.82) is 0 Å². The summed E-state index contributed by atoms with van der Waals surface area (Å²) in [7, 11) is 0. The molecule has 0 bridgehead atoms. The minimum atomic E-state index is -1.57. The van der Waals surface area contributed by atoms with Gasteiger partial charge in [-0.2, -0.15) is 0 Å². The Balaban J connectivity index is 0. The summed E-state index contributed by atoms with van der Waals surface area (Å²) in [6, 6.07) is 0. The van der Waals surface area contributed by atoms with Crippen LogP contribution < -0.4 is 0 Å². The molecule has 0 spiro atoms. The molecule has 196 valence electrons. The molecule has 0 aromatic heterocycles. The molecule has 0 aromatic carbocycles. The molecule has 0 fully saturated rings. The standard InChI is InChI=1S/6C4H10N.2Sb/c6*1-3-5-4-2;;/h6*3-4H2,1-2H3;;/q6*-1;2*+3. The Morgan fingerprint density at radius 3 is 0.406 bits per heavy atom. The third kappa shape index (κ3) is 11.9. The molecule has 0 N–H and O–H groups in total. The Labute approximate surface area is 220 Å². The second-order valence-corrected chi connectivity index (χ2v) is 20.1. The van der Waals surface area contributed by atoms with E-state index in [1.807, 2.05) is 0 Å². The van der Waals surface area contributed by atoms with Gasteiger partial charge in [0.1, 0.15) is 0 Å². The number of nitrogens with zero attached hydrogens (tertiary/aromatic N) is 6. The monoisotopic (exact) mass is 674 g/mol. The van der Waals surface area contributed by atoms with E-state index in [2.05, 4.69) is 101 Å². The summed E-state index contributed by atoms with van der Waals surface area (Å²) < 4.78 is 16.4. The summed E-state index contributed by atoms with van der Waals surface area (Å²) in [4.78, 5) is 0. The Hall–Kier alpha value is 1.40. The molecule has 6 nitrogen and oxygen atoms in total. The second kappa shape index (κ2) is 22.8. The van der Waals surface area contributed by atoms with Crippen molar-refractivity contribution in [1.82, 2.24) is 18.4 Å². The quantitative estimate of drug-likeness (QED) is 0.203. The SMILES string of the molecule is CC[N](CC)[Sb]([N](CC)CC)[N](CC)CC.CC[N](CC)[Sb]([N](CC)CC)[N](CC)CC. The van der Waals surface area contributed by atoms with E-state index in [9.17, 15) is 0 Å². The molecular weight excluding hydrogens is 616 g/mol. The van der Waals surface area contributed by atoms with Crippen molar-refractivity contribution < 1.29 is 0 Å². The van der Waals surface area contributed by atoms with Crippen molar-refractivity contribution >= 4 is 42.1 Å². The van der Waals surface area contributed by atoms with Crippen LogP contribution in [-0.4, -0.2) is 139 Å². The maximum absolute atomic E-state index is 2.72. The first-order chi connectivity index (χ1) is 15.4. The fourth-order valence-corrected chi connectivity index (χ4v) is 18.7. The van der Waals surface area contributed by atoms with Crippen molar-refractivity contribution in [3.63, 3.8) is 0 Å². The minimum absolute atomic E-state index is 1.20. The van der Waals surface area contributed by atoms with E-state index in [0.717, 1.165) is 0 Å². The van der Waals surface area contributed by atoms with Gasteiger partial charge in [-0.25, -0.2) is 0 Å². The molecule has 0 saturated carbocycles. The molecule has 0 atom stereocenters. The van der Waals surface area contributed by atoms with E-state index in [1.54, 1.807) is 0 Å². The van der Waals surface area contributed by atoms with Crippen molar-refractivity contribution in [2.75, 3.05) is 78.5 Å². The van der Waals surface area contributed by atoms with Gasteiger partial charge in [-0.15, -0.1) is 0 Å². The van der Waals surface area contributed by atoms with Crippen LogP contribution in [0.3, 0.4) is 0 Å². The van der Waals surface area contributed by atoms with Crippen molar-refractivity contribution in [3.05, 3.63) is 0 Å². The maximum atomic E-state index is 2.72. The molecule has 32 heavy (non-hydrogen) atoms. The van der Waals surface area contributed by atoms with Crippen LogP contribution in [0.1, 0.15) is 83.1 Å². The average molecular weight is 676 g/mol. The first kappa shape index (κ1) is 35.6. The molecule has 0 amide bonds. The van der Waals surface area contributed by atoms with E-state index in [-0.39, 0.29) is 0 Å². The summed E-state index contributed by atoms with van der Waals surface area (Å²) >= 11 is -3.15. The van der Waals surface area contributed by atoms with Gasteiger partial charge in [-0.1, -0.05) is 0 Å². The molecule has 0 heterocycles. The molecule has 0 rings (SSSR count). The summed E-state index contributed by atoms with van der Waals surface area (Å²) in [6.45, 7) is 42.0. The molecule has 0 aliphatic carbocycles. The van der Waals surface area contributed by atoms with Crippen LogP contribution in [0.2, 0.25) is 0 Å². The summed E-state index contributed by atoms with van der Waals surface area (Å²) in [5.41, 5.74) is 0. The van der Waals surface area contributed by atoms with Crippen LogP contribution in [0, 0.1) is 0 Å². The van der Waals surface area contributed by atoms with Gasteiger partial charge in [-0.3, -0.25) is 0 Å². The van der Waals surface area contributed by atoms with Gasteiger partial charge in [0.15, 0.2) is 0 Å². The Morgan fingerprint density at radius 1 is 0.250 bits per heavy atom. The molecule has 0 aromatic rings. The number of rotatable bonds is 18. The summed E-state index contributed by atoms with van der Waals surface area (Å²) in [5.74, 6) is 0. The molecule has 0 aliphatic heterocycles. The fourth-order valence-electron chi connectivity index (χ4n) is 3.93. The Morgan fingerprint density at radius 2 is 0.344 bits per heavy atom. The molecule has 0 unspecified atom stereocenters. The van der Waals surface area contributed by atoms with Gasteiger partial charge in [0.25, 0.3) is 0 Å². The van der Waals surface area contributed by atoms with E-state index >= 15 is 0 Å². The van der Waals surface area contributed by atoms with Crippen LogP contribution in [0.25, 0.3) is 0 Å². The van der Waals surface area contributed by atoms with E-state index < -0.39 is 42.1 Å². The first-order valence-electron chi connectivity index (χ1n) is 13.5. The first-order valence-corrected chi connectivity index (χ1v) is 20.3. The Kier molecular flexibility index (Phi) is 25.4. The molecular formula is C24H60N6Sb2. The van der Waals surface area contributed by atoms with Gasteiger partial charge < -0.3 is 0 Å². The van der Waals surface area contributed by atoms with Crippen LogP contribution >= 0.6 is 0 Å². The Bertz CT molecular complexity index is 288. The van der Waals surface area contributed by atoms with E-state index in [1.165, 1.54) is 78.5 Å². The van der Waals surface area contributed by atoms with Crippen LogP contribution in [0.4, 0.5) is 0 Å².